The number of phosphoric ester groups is 1. The Kier molecular flexibility index (Phi) is 83.4. The van der Waals surface area contributed by atoms with Gasteiger partial charge >= 0.3 is 31.7 Å². The number of rotatable bonds is 94. The summed E-state index contributed by atoms with van der Waals surface area (Å²) in [6, 6.07) is -3.09. The Balaban J connectivity index is 7.45. The van der Waals surface area contributed by atoms with E-state index in [0.29, 0.717) is 57.8 Å². The molecule has 122 heavy (non-hydrogen) atoms. The fourth-order valence-corrected chi connectivity index (χ4v) is 16.5. The monoisotopic (exact) mass is 1760 g/mol. The second-order valence-corrected chi connectivity index (χ2v) is 36.7. The number of carbonyl (C=O) groups is 6. The van der Waals surface area contributed by atoms with Crippen molar-refractivity contribution in [2.75, 3.05) is 33.5 Å². The summed E-state index contributed by atoms with van der Waals surface area (Å²) < 4.78 is 60.2. The van der Waals surface area contributed by atoms with Crippen molar-refractivity contribution in [2.45, 2.75) is 559 Å². The van der Waals surface area contributed by atoms with Gasteiger partial charge in [0.1, 0.15) is 55.4 Å². The van der Waals surface area contributed by atoms with Crippen molar-refractivity contribution in [2.24, 2.45) is 0 Å². The molecule has 0 aromatic rings. The Morgan fingerprint density at radius 1 is 0.328 bits per heavy atom. The predicted molar refractivity (Wildman–Crippen MR) is 491 cm³/mol. The molecule has 11 atom stereocenters. The first-order chi connectivity index (χ1) is 59.1. The molecule has 0 rings (SSSR count). The molecule has 24 heteroatoms. The molecule has 0 bridgehead atoms. The first-order valence-electron chi connectivity index (χ1n) is 50.6. The lowest BCUT2D eigenvalue weighted by Gasteiger charge is -2.35. The van der Waals surface area contributed by atoms with E-state index < -0.39 is 137 Å². The smallest absolute Gasteiger partial charge is 0.463 e. The van der Waals surface area contributed by atoms with E-state index >= 15 is 0 Å². The highest BCUT2D eigenvalue weighted by atomic mass is 31.2. The lowest BCUT2D eigenvalue weighted by atomic mass is 10.0. The third-order valence-corrected chi connectivity index (χ3v) is 24.4. The molecule has 722 valence electrons. The molecule has 0 aliphatic carbocycles. The van der Waals surface area contributed by atoms with Gasteiger partial charge in [-0.05, 0) is 64.7 Å². The maximum Gasteiger partial charge on any atom is 0.469 e. The van der Waals surface area contributed by atoms with Crippen LogP contribution in [0, 0.1) is 0 Å². The standard InChI is InChI=1S/C98H189N2O21P/c1-9-15-21-27-33-39-41-42-44-50-56-61-67-72-92(105)117-83(69-63-57-51-45-35-29-23-17-11-3)75-90(103)99-86(78-101)96(109)97(110)89(114-8)81-116-98(120-88(79-102)82(7)121-122(111,112)113)87(100-91(104)76-84(70-64-58-52-46-36-30-24-18-12-4)118-93(106)73-66-60-54-48-38-32-26-20-14-6)80-115-95(108)77-85(71-65-59-53-47-37-31-25-19-13-5)119-94(107)74-68-62-55-49-43-40-34-28-22-16-10-2/h82-89,96-98,101-102,109-110H,9-81H2,1-8H3,(H,99,103)(H,100,104)(H2,111,112,113)/t82-,83+,84+,85+,86?,87-,88?,89?,96?,97?,98?/m0/s1. The molecular formula is C98H189N2O21P. The summed E-state index contributed by atoms with van der Waals surface area (Å²) in [5, 5.41) is 51.3. The van der Waals surface area contributed by atoms with Gasteiger partial charge in [-0.2, -0.15) is 0 Å². The van der Waals surface area contributed by atoms with Crippen molar-refractivity contribution in [1.29, 1.82) is 0 Å². The summed E-state index contributed by atoms with van der Waals surface area (Å²) >= 11 is 0. The molecule has 0 spiro atoms. The van der Waals surface area contributed by atoms with Crippen LogP contribution in [-0.2, 0) is 71.0 Å². The fraction of sp³-hybridized carbons (Fsp3) is 0.939. The van der Waals surface area contributed by atoms with Gasteiger partial charge in [-0.15, -0.1) is 0 Å². The van der Waals surface area contributed by atoms with Crippen LogP contribution in [0.2, 0.25) is 0 Å². The Bertz CT molecular complexity index is 2450. The minimum atomic E-state index is -5.26. The van der Waals surface area contributed by atoms with Crippen LogP contribution in [-0.4, -0.2) is 167 Å². The number of ether oxygens (including phenoxy) is 7. The van der Waals surface area contributed by atoms with Crippen LogP contribution in [0.5, 0.6) is 0 Å². The van der Waals surface area contributed by atoms with Crippen molar-refractivity contribution in [1.82, 2.24) is 10.6 Å². The molecule has 8 N–H and O–H groups in total. The number of aliphatic hydroxyl groups excluding tert-OH is 4. The second kappa shape index (κ2) is 85.7. The molecule has 0 saturated carbocycles. The van der Waals surface area contributed by atoms with Gasteiger partial charge in [-0.3, -0.25) is 33.3 Å². The maximum atomic E-state index is 14.9. The second-order valence-electron chi connectivity index (χ2n) is 35.5. The average Bonchev–Trinajstić information content (AvgIpc) is 0.848. The van der Waals surface area contributed by atoms with Gasteiger partial charge in [-0.25, -0.2) is 4.57 Å². The largest absolute Gasteiger partial charge is 0.469 e. The van der Waals surface area contributed by atoms with Crippen LogP contribution < -0.4 is 10.6 Å². The van der Waals surface area contributed by atoms with Crippen molar-refractivity contribution < 1.29 is 101 Å². The highest BCUT2D eigenvalue weighted by molar-refractivity contribution is 7.46. The number of unbranched alkanes of at least 4 members (excludes halogenated alkanes) is 54. The first kappa shape index (κ1) is 119. The lowest BCUT2D eigenvalue weighted by Crippen LogP contribution is -2.56. The van der Waals surface area contributed by atoms with E-state index in [-0.39, 0.29) is 38.5 Å². The van der Waals surface area contributed by atoms with Gasteiger partial charge < -0.3 is 74.0 Å². The van der Waals surface area contributed by atoms with Gasteiger partial charge in [0, 0.05) is 26.4 Å². The number of hydrogen-bond donors (Lipinski definition) is 8. The van der Waals surface area contributed by atoms with Crippen LogP contribution in [0.15, 0.2) is 0 Å². The molecule has 0 radical (unpaired) electrons. The first-order valence-corrected chi connectivity index (χ1v) is 52.1. The summed E-state index contributed by atoms with van der Waals surface area (Å²) in [5.74, 6) is -3.46. The van der Waals surface area contributed by atoms with Crippen LogP contribution >= 0.6 is 7.82 Å². The van der Waals surface area contributed by atoms with E-state index in [1.54, 1.807) is 0 Å². The summed E-state index contributed by atoms with van der Waals surface area (Å²) in [6.07, 6.45) is 52.5. The van der Waals surface area contributed by atoms with Crippen molar-refractivity contribution >= 4 is 43.5 Å². The Labute approximate surface area is 743 Å². The Morgan fingerprint density at radius 3 is 0.869 bits per heavy atom. The number of esters is 4. The average molecular weight is 1760 g/mol. The van der Waals surface area contributed by atoms with Crippen LogP contribution in [0.1, 0.15) is 492 Å². The minimum Gasteiger partial charge on any atom is -0.463 e. The van der Waals surface area contributed by atoms with E-state index in [0.717, 1.165) is 173 Å². The molecule has 0 saturated heterocycles. The van der Waals surface area contributed by atoms with Gasteiger partial charge in [0.05, 0.1) is 51.2 Å². The number of nitrogens with one attached hydrogen (secondary N) is 2. The zero-order valence-corrected chi connectivity index (χ0v) is 80.1. The number of carbonyl (C=O) groups excluding carboxylic acids is 6. The highest BCUT2D eigenvalue weighted by Crippen LogP contribution is 2.39. The molecule has 0 aliphatic rings. The van der Waals surface area contributed by atoms with Crippen molar-refractivity contribution in [3.8, 4) is 0 Å². The maximum absolute atomic E-state index is 14.9. The molecule has 2 amide bonds. The predicted octanol–water partition coefficient (Wildman–Crippen LogP) is 23.2. The molecule has 0 aliphatic heterocycles. The molecule has 0 aromatic carbocycles. The van der Waals surface area contributed by atoms with Gasteiger partial charge in [-0.1, -0.05) is 388 Å². The van der Waals surface area contributed by atoms with E-state index in [1.165, 1.54) is 187 Å². The van der Waals surface area contributed by atoms with Gasteiger partial charge in [0.15, 0.2) is 6.29 Å². The zero-order valence-electron chi connectivity index (χ0n) is 79.2. The van der Waals surface area contributed by atoms with Crippen LogP contribution in [0.25, 0.3) is 0 Å². The van der Waals surface area contributed by atoms with Crippen molar-refractivity contribution in [3.05, 3.63) is 0 Å². The van der Waals surface area contributed by atoms with Gasteiger partial charge in [0.25, 0.3) is 0 Å². The zero-order chi connectivity index (χ0) is 90.0. The van der Waals surface area contributed by atoms with E-state index in [9.17, 15) is 63.5 Å². The fourth-order valence-electron chi connectivity index (χ4n) is 16.0. The highest BCUT2D eigenvalue weighted by Gasteiger charge is 2.39. The molecule has 6 unspecified atom stereocenters. The third kappa shape index (κ3) is 73.5. The van der Waals surface area contributed by atoms with Crippen LogP contribution in [0.3, 0.4) is 0 Å². The molecular weight excluding hydrogens is 1570 g/mol. The van der Waals surface area contributed by atoms with E-state index in [4.69, 9.17) is 37.7 Å². The number of phosphoric acid groups is 1. The number of methoxy groups -OCH3 is 1. The summed E-state index contributed by atoms with van der Waals surface area (Å²) in [5.41, 5.74) is 0. The molecule has 0 fully saturated rings. The molecule has 0 aromatic heterocycles. The SMILES string of the molecule is CCCCCCCCCCCCCCCC(=O)O[C@H](CCCCCCCCCCC)CC(=O)NC(CO)C(O)C(O)C(COC(OC(CO)[C@H](C)OP(=O)(O)O)[C@H](COC(=O)C[C@@H](CCCCCCCCCCC)OC(=O)CCCCCCCCCCCCC)NC(=O)C[C@@H](CCCCCCCCCCC)OC(=O)CCCCCCCCCCC)OC. The Morgan fingerprint density at radius 2 is 0.598 bits per heavy atom. The quantitative estimate of drug-likeness (QED) is 0.00922. The minimum absolute atomic E-state index is 0.156. The van der Waals surface area contributed by atoms with E-state index in [2.05, 4.69) is 52.2 Å². The summed E-state index contributed by atoms with van der Waals surface area (Å²) in [6.45, 7) is 11.2. The summed E-state index contributed by atoms with van der Waals surface area (Å²) in [7, 11) is -4.06. The van der Waals surface area contributed by atoms with Gasteiger partial charge in [0.2, 0.25) is 11.8 Å². The normalized spacial score (nSPS) is 14.6. The number of hydrogen-bond acceptors (Lipinski definition) is 19. The van der Waals surface area contributed by atoms with Crippen molar-refractivity contribution in [3.63, 3.8) is 0 Å². The molecule has 0 heterocycles. The Hall–Kier alpha value is -3.35. The topological polar surface area (TPSA) is 339 Å². The number of aliphatic hydroxyl groups is 4. The lowest BCUT2D eigenvalue weighted by molar-refractivity contribution is -0.230. The van der Waals surface area contributed by atoms with Crippen LogP contribution in [0.4, 0.5) is 0 Å². The summed E-state index contributed by atoms with van der Waals surface area (Å²) in [4.78, 5) is 104. The van der Waals surface area contributed by atoms with E-state index in [1.807, 2.05) is 0 Å². The molecule has 23 nitrogen and oxygen atoms in total. The third-order valence-electron chi connectivity index (χ3n) is 23.8. The number of amides is 2.